The van der Waals surface area contributed by atoms with Crippen molar-refractivity contribution >= 4 is 12.1 Å². The molecule has 1 heterocycles. The summed E-state index contributed by atoms with van der Waals surface area (Å²) in [4.78, 5) is 26.8. The van der Waals surface area contributed by atoms with Crippen LogP contribution >= 0.6 is 0 Å². The maximum atomic E-state index is 12.9. The molecule has 7 nitrogen and oxygen atoms in total. The van der Waals surface area contributed by atoms with Gasteiger partial charge in [0.05, 0.1) is 0 Å². The molecule has 1 aromatic rings. The Morgan fingerprint density at radius 3 is 2.04 bits per heavy atom. The van der Waals surface area contributed by atoms with Gasteiger partial charge in [0, 0.05) is 25.1 Å². The fourth-order valence-corrected chi connectivity index (χ4v) is 4.19. The minimum atomic E-state index is -1.04. The number of carbonyl (C=O) groups excluding carboxylic acids is 2. The second-order valence-corrected chi connectivity index (χ2v) is 7.49. The molecule has 1 N–H and O–H groups in total. The molecule has 7 heteroatoms. The van der Waals surface area contributed by atoms with Gasteiger partial charge in [-0.1, -0.05) is 38.5 Å². The highest BCUT2D eigenvalue weighted by Gasteiger charge is 2.34. The van der Waals surface area contributed by atoms with Crippen molar-refractivity contribution in [3.8, 4) is 5.95 Å². The van der Waals surface area contributed by atoms with Crippen molar-refractivity contribution in [2.24, 2.45) is 0 Å². The van der Waals surface area contributed by atoms with Gasteiger partial charge >= 0.3 is 12.1 Å². The number of hydrogen-bond acceptors (Lipinski definition) is 6. The fourth-order valence-electron chi connectivity index (χ4n) is 4.19. The Morgan fingerprint density at radius 1 is 1.00 bits per heavy atom. The van der Waals surface area contributed by atoms with Crippen LogP contribution in [0.3, 0.4) is 0 Å². The number of amides is 1. The van der Waals surface area contributed by atoms with Crippen molar-refractivity contribution in [3.63, 3.8) is 0 Å². The van der Waals surface area contributed by atoms with Crippen molar-refractivity contribution in [3.05, 3.63) is 17.9 Å². The van der Waals surface area contributed by atoms with Crippen LogP contribution in [0.4, 0.5) is 4.79 Å². The van der Waals surface area contributed by atoms with Crippen LogP contribution < -0.4 is 0 Å². The van der Waals surface area contributed by atoms with Crippen LogP contribution in [0, 0.1) is 0 Å². The molecule has 1 atom stereocenters. The van der Waals surface area contributed by atoms with Crippen molar-refractivity contribution in [2.75, 3.05) is 0 Å². The maximum Gasteiger partial charge on any atom is 0.413 e. The molecule has 150 valence electrons. The molecule has 0 spiro atoms. The van der Waals surface area contributed by atoms with Gasteiger partial charge in [-0.3, -0.25) is 0 Å². The van der Waals surface area contributed by atoms with E-state index >= 15 is 0 Å². The van der Waals surface area contributed by atoms with E-state index in [4.69, 9.17) is 13.9 Å². The van der Waals surface area contributed by atoms with E-state index in [9.17, 15) is 14.7 Å². The van der Waals surface area contributed by atoms with Crippen LogP contribution in [0.2, 0.25) is 0 Å². The molecule has 0 aliphatic heterocycles. The quantitative estimate of drug-likeness (QED) is 0.594. The lowest BCUT2D eigenvalue weighted by atomic mass is 9.89. The van der Waals surface area contributed by atoms with E-state index in [0.717, 1.165) is 51.4 Å². The lowest BCUT2D eigenvalue weighted by molar-refractivity contribution is -0.0791. The summed E-state index contributed by atoms with van der Waals surface area (Å²) in [7, 11) is 0. The molecule has 0 bridgehead atoms. The van der Waals surface area contributed by atoms with Crippen LogP contribution in [-0.4, -0.2) is 40.4 Å². The monoisotopic (exact) mass is 379 g/mol. The van der Waals surface area contributed by atoms with Gasteiger partial charge in [-0.2, -0.15) is 0 Å². The molecule has 1 unspecified atom stereocenters. The van der Waals surface area contributed by atoms with Crippen LogP contribution in [0.25, 0.3) is 0 Å². The fraction of sp³-hybridized carbons (Fsp3) is 0.700. The van der Waals surface area contributed by atoms with E-state index in [1.54, 1.807) is 0 Å². The highest BCUT2D eigenvalue weighted by molar-refractivity contribution is 5.86. The molecule has 0 aromatic carbocycles. The van der Waals surface area contributed by atoms with Gasteiger partial charge < -0.3 is 23.9 Å². The third kappa shape index (κ3) is 5.17. The summed E-state index contributed by atoms with van der Waals surface area (Å²) in [6.45, 7) is 1.51. The predicted octanol–water partition coefficient (Wildman–Crippen LogP) is 4.59. The van der Waals surface area contributed by atoms with Gasteiger partial charge in [0.2, 0.25) is 12.1 Å². The zero-order valence-electron chi connectivity index (χ0n) is 15.9. The standard InChI is InChI=1S/C20H29NO6/c1-14(25-19(23)17-12-13-18(22)27-17)26-20(24)21(15-8-4-2-5-9-15)16-10-6-3-7-11-16/h12-16,22H,2-11H2,1H3. The Labute approximate surface area is 159 Å². The molecule has 2 saturated carbocycles. The zero-order chi connectivity index (χ0) is 19.2. The number of aromatic hydroxyl groups is 1. The van der Waals surface area contributed by atoms with E-state index in [1.807, 2.05) is 4.90 Å². The molecule has 27 heavy (non-hydrogen) atoms. The summed E-state index contributed by atoms with van der Waals surface area (Å²) >= 11 is 0. The SMILES string of the molecule is CC(OC(=O)c1ccc(O)o1)OC(=O)N(C1CCCCC1)C1CCCCC1. The van der Waals surface area contributed by atoms with Gasteiger partial charge in [-0.05, 0) is 31.7 Å². The van der Waals surface area contributed by atoms with Gasteiger partial charge in [-0.15, -0.1) is 0 Å². The summed E-state index contributed by atoms with van der Waals surface area (Å²) < 4.78 is 15.4. The topological polar surface area (TPSA) is 89.2 Å². The van der Waals surface area contributed by atoms with Crippen molar-refractivity contribution in [1.29, 1.82) is 0 Å². The summed E-state index contributed by atoms with van der Waals surface area (Å²) in [6.07, 6.45) is 9.54. The van der Waals surface area contributed by atoms with Gasteiger partial charge in [-0.25, -0.2) is 9.59 Å². The number of furan rings is 1. The van der Waals surface area contributed by atoms with Gasteiger partial charge in [0.25, 0.3) is 5.95 Å². The molecular formula is C20H29NO6. The van der Waals surface area contributed by atoms with E-state index < -0.39 is 18.4 Å². The Morgan fingerprint density at radius 2 is 1.56 bits per heavy atom. The molecule has 2 aliphatic rings. The summed E-state index contributed by atoms with van der Waals surface area (Å²) in [5.41, 5.74) is 0. The Hall–Kier alpha value is -2.18. The molecule has 1 aromatic heterocycles. The third-order valence-electron chi connectivity index (χ3n) is 5.48. The molecule has 3 rings (SSSR count). The molecule has 0 radical (unpaired) electrons. The molecule has 2 aliphatic carbocycles. The summed E-state index contributed by atoms with van der Waals surface area (Å²) in [5, 5.41) is 9.18. The lowest BCUT2D eigenvalue weighted by Gasteiger charge is -2.41. The highest BCUT2D eigenvalue weighted by Crippen LogP contribution is 2.31. The normalized spacial score (nSPS) is 20.0. The van der Waals surface area contributed by atoms with Crippen molar-refractivity contribution in [2.45, 2.75) is 89.5 Å². The Bertz CT molecular complexity index is 612. The Kier molecular flexibility index (Phi) is 6.63. The number of rotatable bonds is 5. The second-order valence-electron chi connectivity index (χ2n) is 7.49. The number of carbonyl (C=O) groups is 2. The first kappa shape index (κ1) is 19.6. The number of esters is 1. The van der Waals surface area contributed by atoms with Crippen LogP contribution in [-0.2, 0) is 9.47 Å². The molecule has 2 fully saturated rings. The molecular weight excluding hydrogens is 350 g/mol. The zero-order valence-corrected chi connectivity index (χ0v) is 15.9. The minimum Gasteiger partial charge on any atom is -0.481 e. The summed E-state index contributed by atoms with van der Waals surface area (Å²) in [6, 6.07) is 2.97. The first-order valence-corrected chi connectivity index (χ1v) is 10.0. The number of hydrogen-bond donors (Lipinski definition) is 1. The van der Waals surface area contributed by atoms with Crippen LogP contribution in [0.5, 0.6) is 5.95 Å². The average Bonchev–Trinajstić information content (AvgIpc) is 3.10. The number of ether oxygens (including phenoxy) is 2. The van der Waals surface area contributed by atoms with Crippen LogP contribution in [0.1, 0.15) is 81.7 Å². The van der Waals surface area contributed by atoms with E-state index in [0.29, 0.717) is 0 Å². The van der Waals surface area contributed by atoms with Gasteiger partial charge in [0.15, 0.2) is 0 Å². The van der Waals surface area contributed by atoms with E-state index in [1.165, 1.54) is 31.9 Å². The van der Waals surface area contributed by atoms with Crippen molar-refractivity contribution < 1.29 is 28.6 Å². The summed E-state index contributed by atoms with van der Waals surface area (Å²) in [5.74, 6) is -1.28. The molecule has 1 amide bonds. The van der Waals surface area contributed by atoms with E-state index in [2.05, 4.69) is 0 Å². The Balaban J connectivity index is 1.61. The van der Waals surface area contributed by atoms with Gasteiger partial charge in [0.1, 0.15) is 0 Å². The lowest BCUT2D eigenvalue weighted by Crippen LogP contribution is -2.49. The second kappa shape index (κ2) is 9.15. The van der Waals surface area contributed by atoms with Crippen molar-refractivity contribution in [1.82, 2.24) is 4.90 Å². The third-order valence-corrected chi connectivity index (χ3v) is 5.48. The largest absolute Gasteiger partial charge is 0.481 e. The maximum absolute atomic E-state index is 12.9. The number of nitrogens with zero attached hydrogens (tertiary/aromatic N) is 1. The average molecular weight is 379 g/mol. The van der Waals surface area contributed by atoms with E-state index in [-0.39, 0.29) is 23.8 Å². The first-order chi connectivity index (χ1) is 13.0. The minimum absolute atomic E-state index is 0.133. The van der Waals surface area contributed by atoms with Crippen LogP contribution in [0.15, 0.2) is 16.5 Å². The first-order valence-electron chi connectivity index (χ1n) is 10.0. The smallest absolute Gasteiger partial charge is 0.413 e. The predicted molar refractivity (Wildman–Crippen MR) is 97.3 cm³/mol. The highest BCUT2D eigenvalue weighted by atomic mass is 16.7. The molecule has 0 saturated heterocycles.